The standard InChI is InChI=1S/C11H18ClN3O/c1-3-6-16-10-4-5-13-11(15-10)14-8-9(2)7-12/h4-5,9H,3,6-8H2,1-2H3,(H,13,14,15). The Labute approximate surface area is 101 Å². The fourth-order valence-electron chi connectivity index (χ4n) is 1.03. The van der Waals surface area contributed by atoms with Crippen LogP contribution in [0.15, 0.2) is 12.3 Å². The Bertz CT molecular complexity index is 309. The van der Waals surface area contributed by atoms with Crippen LogP contribution in [-0.4, -0.2) is 29.0 Å². The number of nitrogens with one attached hydrogen (secondary N) is 1. The van der Waals surface area contributed by atoms with Crippen molar-refractivity contribution in [1.29, 1.82) is 0 Å². The topological polar surface area (TPSA) is 47.0 Å². The number of nitrogens with zero attached hydrogens (tertiary/aromatic N) is 2. The Morgan fingerprint density at radius 2 is 2.38 bits per heavy atom. The van der Waals surface area contributed by atoms with Crippen LogP contribution < -0.4 is 10.1 Å². The van der Waals surface area contributed by atoms with Gasteiger partial charge in [0.05, 0.1) is 6.61 Å². The number of anilines is 1. The quantitative estimate of drug-likeness (QED) is 0.748. The minimum absolute atomic E-state index is 0.394. The molecular weight excluding hydrogens is 226 g/mol. The molecule has 0 saturated heterocycles. The van der Waals surface area contributed by atoms with Gasteiger partial charge in [0.2, 0.25) is 11.8 Å². The molecule has 0 fully saturated rings. The van der Waals surface area contributed by atoms with E-state index in [4.69, 9.17) is 16.3 Å². The molecular formula is C11H18ClN3O. The first-order valence-electron chi connectivity index (χ1n) is 5.52. The summed E-state index contributed by atoms with van der Waals surface area (Å²) in [5.74, 6) is 2.22. The SMILES string of the molecule is CCCOc1ccnc(NCC(C)CCl)n1. The van der Waals surface area contributed by atoms with Crippen molar-refractivity contribution in [3.05, 3.63) is 12.3 Å². The van der Waals surface area contributed by atoms with Crippen LogP contribution in [-0.2, 0) is 0 Å². The van der Waals surface area contributed by atoms with Gasteiger partial charge in [-0.15, -0.1) is 11.6 Å². The molecule has 0 bridgehead atoms. The van der Waals surface area contributed by atoms with Crippen molar-refractivity contribution >= 4 is 17.5 Å². The summed E-state index contributed by atoms with van der Waals surface area (Å²) in [5.41, 5.74) is 0. The van der Waals surface area contributed by atoms with Crippen molar-refractivity contribution in [1.82, 2.24) is 9.97 Å². The van der Waals surface area contributed by atoms with Gasteiger partial charge >= 0.3 is 0 Å². The maximum Gasteiger partial charge on any atom is 0.225 e. The van der Waals surface area contributed by atoms with Crippen molar-refractivity contribution in [2.75, 3.05) is 24.3 Å². The molecule has 90 valence electrons. The number of alkyl halides is 1. The molecule has 0 radical (unpaired) electrons. The molecule has 0 aliphatic rings. The highest BCUT2D eigenvalue weighted by Crippen LogP contribution is 2.09. The molecule has 0 spiro atoms. The van der Waals surface area contributed by atoms with Crippen molar-refractivity contribution in [2.24, 2.45) is 5.92 Å². The molecule has 1 rings (SSSR count). The molecule has 1 atom stereocenters. The van der Waals surface area contributed by atoms with E-state index in [0.29, 0.717) is 30.2 Å². The van der Waals surface area contributed by atoms with Gasteiger partial charge in [-0.1, -0.05) is 13.8 Å². The third-order valence-electron chi connectivity index (χ3n) is 1.96. The molecule has 0 aliphatic heterocycles. The number of ether oxygens (including phenoxy) is 1. The van der Waals surface area contributed by atoms with E-state index in [1.807, 2.05) is 0 Å². The lowest BCUT2D eigenvalue weighted by molar-refractivity contribution is 0.305. The predicted molar refractivity (Wildman–Crippen MR) is 66.2 cm³/mol. The van der Waals surface area contributed by atoms with Crippen LogP contribution in [0.1, 0.15) is 20.3 Å². The van der Waals surface area contributed by atoms with E-state index < -0.39 is 0 Å². The molecule has 1 heterocycles. The number of rotatable bonds is 7. The van der Waals surface area contributed by atoms with Crippen LogP contribution in [0.25, 0.3) is 0 Å². The molecule has 1 N–H and O–H groups in total. The minimum Gasteiger partial charge on any atom is -0.478 e. The largest absolute Gasteiger partial charge is 0.478 e. The van der Waals surface area contributed by atoms with Gasteiger partial charge in [0.25, 0.3) is 0 Å². The zero-order valence-corrected chi connectivity index (χ0v) is 10.5. The second-order valence-electron chi connectivity index (χ2n) is 3.71. The lowest BCUT2D eigenvalue weighted by Gasteiger charge is -2.10. The third kappa shape index (κ3) is 4.66. The van der Waals surface area contributed by atoms with Crippen LogP contribution in [0.3, 0.4) is 0 Å². The second-order valence-corrected chi connectivity index (χ2v) is 4.02. The molecule has 0 aromatic carbocycles. The van der Waals surface area contributed by atoms with E-state index in [1.165, 1.54) is 0 Å². The Morgan fingerprint density at radius 3 is 3.06 bits per heavy atom. The van der Waals surface area contributed by atoms with Gasteiger partial charge < -0.3 is 10.1 Å². The number of hydrogen-bond acceptors (Lipinski definition) is 4. The summed E-state index contributed by atoms with van der Waals surface area (Å²) in [6.45, 7) is 5.56. The summed E-state index contributed by atoms with van der Waals surface area (Å²) in [6, 6.07) is 1.76. The Kier molecular flexibility index (Phi) is 5.93. The van der Waals surface area contributed by atoms with E-state index in [2.05, 4.69) is 29.1 Å². The van der Waals surface area contributed by atoms with E-state index in [9.17, 15) is 0 Å². The first-order valence-corrected chi connectivity index (χ1v) is 6.05. The minimum atomic E-state index is 0.394. The molecule has 1 unspecified atom stereocenters. The monoisotopic (exact) mass is 243 g/mol. The van der Waals surface area contributed by atoms with Crippen LogP contribution in [0, 0.1) is 5.92 Å². The summed E-state index contributed by atoms with van der Waals surface area (Å²) in [5, 5.41) is 3.13. The summed E-state index contributed by atoms with van der Waals surface area (Å²) in [6.07, 6.45) is 2.65. The average Bonchev–Trinajstić information content (AvgIpc) is 2.34. The lowest BCUT2D eigenvalue weighted by Crippen LogP contribution is -2.14. The van der Waals surface area contributed by atoms with Crippen LogP contribution in [0.5, 0.6) is 5.88 Å². The normalized spacial score (nSPS) is 12.2. The zero-order valence-electron chi connectivity index (χ0n) is 9.74. The molecule has 5 heteroatoms. The molecule has 1 aromatic rings. The van der Waals surface area contributed by atoms with Gasteiger partial charge in [0, 0.05) is 24.7 Å². The van der Waals surface area contributed by atoms with Gasteiger partial charge in [-0.25, -0.2) is 4.98 Å². The Hall–Kier alpha value is -1.03. The van der Waals surface area contributed by atoms with E-state index in [1.54, 1.807) is 12.3 Å². The molecule has 0 amide bonds. The summed E-state index contributed by atoms with van der Waals surface area (Å²) >= 11 is 5.71. The van der Waals surface area contributed by atoms with Crippen molar-refractivity contribution < 1.29 is 4.74 Å². The Morgan fingerprint density at radius 1 is 1.56 bits per heavy atom. The van der Waals surface area contributed by atoms with Crippen LogP contribution in [0.4, 0.5) is 5.95 Å². The van der Waals surface area contributed by atoms with E-state index >= 15 is 0 Å². The average molecular weight is 244 g/mol. The second kappa shape index (κ2) is 7.28. The fraction of sp³-hybridized carbons (Fsp3) is 0.636. The Balaban J connectivity index is 2.46. The summed E-state index contributed by atoms with van der Waals surface area (Å²) in [4.78, 5) is 8.34. The van der Waals surface area contributed by atoms with E-state index in [-0.39, 0.29) is 0 Å². The molecule has 16 heavy (non-hydrogen) atoms. The maximum absolute atomic E-state index is 5.71. The van der Waals surface area contributed by atoms with Crippen molar-refractivity contribution in [3.63, 3.8) is 0 Å². The predicted octanol–water partition coefficient (Wildman–Crippen LogP) is 2.55. The van der Waals surface area contributed by atoms with Crippen molar-refractivity contribution in [3.8, 4) is 5.88 Å². The number of hydrogen-bond donors (Lipinski definition) is 1. The van der Waals surface area contributed by atoms with Gasteiger partial charge in [-0.2, -0.15) is 4.98 Å². The van der Waals surface area contributed by atoms with Crippen LogP contribution in [0.2, 0.25) is 0 Å². The molecule has 0 saturated carbocycles. The smallest absolute Gasteiger partial charge is 0.225 e. The highest BCUT2D eigenvalue weighted by molar-refractivity contribution is 6.18. The summed E-state index contributed by atoms with van der Waals surface area (Å²) < 4.78 is 5.41. The zero-order chi connectivity index (χ0) is 11.8. The third-order valence-corrected chi connectivity index (χ3v) is 2.48. The van der Waals surface area contributed by atoms with Crippen molar-refractivity contribution in [2.45, 2.75) is 20.3 Å². The maximum atomic E-state index is 5.71. The molecule has 0 aliphatic carbocycles. The first kappa shape index (κ1) is 13.0. The van der Waals surface area contributed by atoms with Gasteiger partial charge in [-0.3, -0.25) is 0 Å². The lowest BCUT2D eigenvalue weighted by atomic mass is 10.2. The van der Waals surface area contributed by atoms with Gasteiger partial charge in [0.1, 0.15) is 0 Å². The number of halogens is 1. The first-order chi connectivity index (χ1) is 7.76. The van der Waals surface area contributed by atoms with E-state index in [0.717, 1.165) is 13.0 Å². The summed E-state index contributed by atoms with van der Waals surface area (Å²) in [7, 11) is 0. The number of aromatic nitrogens is 2. The fourth-order valence-corrected chi connectivity index (χ4v) is 1.14. The molecule has 1 aromatic heterocycles. The van der Waals surface area contributed by atoms with Gasteiger partial charge in [-0.05, 0) is 12.3 Å². The highest BCUT2D eigenvalue weighted by atomic mass is 35.5. The van der Waals surface area contributed by atoms with Gasteiger partial charge in [0.15, 0.2) is 0 Å². The highest BCUT2D eigenvalue weighted by Gasteiger charge is 2.02. The molecule has 4 nitrogen and oxygen atoms in total. The van der Waals surface area contributed by atoms with Crippen LogP contribution >= 0.6 is 11.6 Å².